The average Bonchev–Trinajstić information content (AvgIpc) is 3.11. The topological polar surface area (TPSA) is 57.5 Å². The molecule has 16 heavy (non-hydrogen) atoms. The van der Waals surface area contributed by atoms with Crippen molar-refractivity contribution in [2.75, 3.05) is 0 Å². The van der Waals surface area contributed by atoms with Gasteiger partial charge in [0.15, 0.2) is 0 Å². The number of hydrogen-bond donors (Lipinski definition) is 2. The van der Waals surface area contributed by atoms with E-state index in [0.29, 0.717) is 11.5 Å². The fourth-order valence-corrected chi connectivity index (χ4v) is 1.84. The Morgan fingerprint density at radius 3 is 2.56 bits per heavy atom. The molecule has 4 heteroatoms. The maximum absolute atomic E-state index is 13.2. The van der Waals surface area contributed by atoms with E-state index in [-0.39, 0.29) is 0 Å². The third-order valence-electron chi connectivity index (χ3n) is 2.84. The molecule has 2 atom stereocenters. The second-order valence-electron chi connectivity index (χ2n) is 4.09. The summed E-state index contributed by atoms with van der Waals surface area (Å²) < 4.78 is 13.2. The molecule has 1 aromatic rings. The number of benzene rings is 1. The third kappa shape index (κ3) is 2.07. The SMILES string of the molecule is O=C(O)C(F)C(O)c1ccccc1C1CC1. The maximum Gasteiger partial charge on any atom is 0.341 e. The molecular formula is C12H13FO3. The number of carboxylic acid groups (broad SMARTS) is 1. The van der Waals surface area contributed by atoms with Gasteiger partial charge in [-0.05, 0) is 29.9 Å². The van der Waals surface area contributed by atoms with Gasteiger partial charge in [-0.3, -0.25) is 0 Å². The van der Waals surface area contributed by atoms with Crippen LogP contribution >= 0.6 is 0 Å². The molecule has 86 valence electrons. The van der Waals surface area contributed by atoms with Gasteiger partial charge < -0.3 is 10.2 Å². The predicted octanol–water partition coefficient (Wildman–Crippen LogP) is 2.02. The van der Waals surface area contributed by atoms with Crippen molar-refractivity contribution in [2.24, 2.45) is 0 Å². The molecule has 1 aliphatic carbocycles. The summed E-state index contributed by atoms with van der Waals surface area (Å²) in [6.45, 7) is 0. The van der Waals surface area contributed by atoms with Gasteiger partial charge in [-0.15, -0.1) is 0 Å². The molecule has 2 N–H and O–H groups in total. The fourth-order valence-electron chi connectivity index (χ4n) is 1.84. The van der Waals surface area contributed by atoms with Crippen molar-refractivity contribution in [3.8, 4) is 0 Å². The van der Waals surface area contributed by atoms with Crippen molar-refractivity contribution >= 4 is 5.97 Å². The smallest absolute Gasteiger partial charge is 0.341 e. The van der Waals surface area contributed by atoms with Gasteiger partial charge in [-0.25, -0.2) is 9.18 Å². The number of aliphatic hydroxyl groups excluding tert-OH is 1. The molecule has 1 fully saturated rings. The van der Waals surface area contributed by atoms with Gasteiger partial charge in [-0.1, -0.05) is 24.3 Å². The Hall–Kier alpha value is -1.42. The fraction of sp³-hybridized carbons (Fsp3) is 0.417. The third-order valence-corrected chi connectivity index (χ3v) is 2.84. The highest BCUT2D eigenvalue weighted by Gasteiger charge is 2.33. The van der Waals surface area contributed by atoms with Crippen LogP contribution in [0.2, 0.25) is 0 Å². The monoisotopic (exact) mass is 224 g/mol. The van der Waals surface area contributed by atoms with Crippen LogP contribution in [-0.2, 0) is 4.79 Å². The van der Waals surface area contributed by atoms with Crippen LogP contribution in [0.25, 0.3) is 0 Å². The van der Waals surface area contributed by atoms with Crippen LogP contribution in [0.15, 0.2) is 24.3 Å². The van der Waals surface area contributed by atoms with Crippen molar-refractivity contribution in [3.05, 3.63) is 35.4 Å². The summed E-state index contributed by atoms with van der Waals surface area (Å²) in [5, 5.41) is 18.2. The van der Waals surface area contributed by atoms with Gasteiger partial charge in [0.25, 0.3) is 0 Å². The minimum atomic E-state index is -2.26. The lowest BCUT2D eigenvalue weighted by Crippen LogP contribution is -2.24. The summed E-state index contributed by atoms with van der Waals surface area (Å²) in [5.41, 5.74) is 1.28. The minimum Gasteiger partial charge on any atom is -0.479 e. The molecule has 0 bridgehead atoms. The van der Waals surface area contributed by atoms with Crippen LogP contribution in [0.3, 0.4) is 0 Å². The molecule has 0 radical (unpaired) electrons. The molecular weight excluding hydrogens is 211 g/mol. The van der Waals surface area contributed by atoms with Crippen LogP contribution in [0.5, 0.6) is 0 Å². The van der Waals surface area contributed by atoms with Crippen molar-refractivity contribution < 1.29 is 19.4 Å². The van der Waals surface area contributed by atoms with E-state index >= 15 is 0 Å². The average molecular weight is 224 g/mol. The lowest BCUT2D eigenvalue weighted by molar-refractivity contribution is -0.147. The first-order chi connectivity index (χ1) is 7.61. The normalized spacial score (nSPS) is 19.1. The standard InChI is InChI=1S/C12H13FO3/c13-10(12(15)16)11(14)9-4-2-1-3-8(9)7-5-6-7/h1-4,7,10-11,14H,5-6H2,(H,15,16). The molecule has 2 unspecified atom stereocenters. The molecule has 0 amide bonds. The zero-order chi connectivity index (χ0) is 11.7. The van der Waals surface area contributed by atoms with Crippen LogP contribution in [-0.4, -0.2) is 22.4 Å². The molecule has 3 nitrogen and oxygen atoms in total. The van der Waals surface area contributed by atoms with Crippen LogP contribution < -0.4 is 0 Å². The Morgan fingerprint density at radius 1 is 1.38 bits per heavy atom. The number of alkyl halides is 1. The van der Waals surface area contributed by atoms with Crippen molar-refractivity contribution in [3.63, 3.8) is 0 Å². The summed E-state index contributed by atoms with van der Waals surface area (Å²) in [7, 11) is 0. The quantitative estimate of drug-likeness (QED) is 0.822. The Kier molecular flexibility index (Phi) is 2.92. The van der Waals surface area contributed by atoms with Gasteiger partial charge in [0, 0.05) is 0 Å². The number of carboxylic acids is 1. The minimum absolute atomic E-state index is 0.354. The highest BCUT2D eigenvalue weighted by Crippen LogP contribution is 2.43. The lowest BCUT2D eigenvalue weighted by Gasteiger charge is -2.16. The summed E-state index contributed by atoms with van der Waals surface area (Å²) in [5.74, 6) is -1.27. The highest BCUT2D eigenvalue weighted by molar-refractivity contribution is 5.73. The van der Waals surface area contributed by atoms with Crippen LogP contribution in [0, 0.1) is 0 Å². The summed E-state index contributed by atoms with van der Waals surface area (Å²) in [6.07, 6.45) is -1.80. The number of aliphatic carboxylic acids is 1. The number of aliphatic hydroxyl groups is 1. The van der Waals surface area contributed by atoms with E-state index in [4.69, 9.17) is 5.11 Å². The molecule has 1 saturated carbocycles. The molecule has 0 heterocycles. The van der Waals surface area contributed by atoms with E-state index in [1.54, 1.807) is 12.1 Å². The molecule has 0 aromatic heterocycles. The highest BCUT2D eigenvalue weighted by atomic mass is 19.1. The molecule has 2 rings (SSSR count). The first-order valence-corrected chi connectivity index (χ1v) is 5.25. The van der Waals surface area contributed by atoms with E-state index in [1.807, 2.05) is 12.1 Å². The summed E-state index contributed by atoms with van der Waals surface area (Å²) >= 11 is 0. The number of rotatable bonds is 4. The zero-order valence-electron chi connectivity index (χ0n) is 8.64. The Morgan fingerprint density at radius 2 is 2.00 bits per heavy atom. The van der Waals surface area contributed by atoms with E-state index < -0.39 is 18.2 Å². The lowest BCUT2D eigenvalue weighted by atomic mass is 9.96. The first kappa shape index (κ1) is 11.1. The predicted molar refractivity (Wildman–Crippen MR) is 55.9 cm³/mol. The number of carbonyl (C=O) groups is 1. The van der Waals surface area contributed by atoms with E-state index in [0.717, 1.165) is 18.4 Å². The molecule has 0 saturated heterocycles. The summed E-state index contributed by atoms with van der Waals surface area (Å²) in [4.78, 5) is 10.5. The van der Waals surface area contributed by atoms with E-state index in [1.165, 1.54) is 0 Å². The Bertz CT molecular complexity index is 401. The van der Waals surface area contributed by atoms with Crippen molar-refractivity contribution in [1.29, 1.82) is 0 Å². The van der Waals surface area contributed by atoms with Crippen LogP contribution in [0.1, 0.15) is 36.0 Å². The Balaban J connectivity index is 2.28. The molecule has 0 spiro atoms. The van der Waals surface area contributed by atoms with Crippen molar-refractivity contribution in [2.45, 2.75) is 31.0 Å². The van der Waals surface area contributed by atoms with Crippen LogP contribution in [0.4, 0.5) is 4.39 Å². The largest absolute Gasteiger partial charge is 0.479 e. The first-order valence-electron chi connectivity index (χ1n) is 5.25. The zero-order valence-corrected chi connectivity index (χ0v) is 8.64. The van der Waals surface area contributed by atoms with Gasteiger partial charge in [0.2, 0.25) is 6.17 Å². The van der Waals surface area contributed by atoms with Crippen molar-refractivity contribution in [1.82, 2.24) is 0 Å². The van der Waals surface area contributed by atoms with Gasteiger partial charge in [0.05, 0.1) is 0 Å². The second kappa shape index (κ2) is 4.22. The van der Waals surface area contributed by atoms with E-state index in [9.17, 15) is 14.3 Å². The maximum atomic E-state index is 13.2. The van der Waals surface area contributed by atoms with Gasteiger partial charge >= 0.3 is 5.97 Å². The van der Waals surface area contributed by atoms with Gasteiger partial charge in [-0.2, -0.15) is 0 Å². The Labute approximate surface area is 92.5 Å². The van der Waals surface area contributed by atoms with Gasteiger partial charge in [0.1, 0.15) is 6.10 Å². The molecule has 1 aromatic carbocycles. The summed E-state index contributed by atoms with van der Waals surface area (Å²) in [6, 6.07) is 6.91. The number of halogens is 1. The van der Waals surface area contributed by atoms with E-state index in [2.05, 4.69) is 0 Å². The number of hydrogen-bond acceptors (Lipinski definition) is 2. The molecule has 1 aliphatic rings. The second-order valence-corrected chi connectivity index (χ2v) is 4.09. The molecule has 0 aliphatic heterocycles.